The third kappa shape index (κ3) is 1.77. The molecule has 0 unspecified atom stereocenters. The van der Waals surface area contributed by atoms with E-state index >= 15 is 0 Å². The van der Waals surface area contributed by atoms with Crippen LogP contribution in [0.2, 0.25) is 0 Å². The van der Waals surface area contributed by atoms with Crippen molar-refractivity contribution in [2.45, 2.75) is 19.8 Å². The standard InChI is InChI=1S/C12H13NO4/c1-12(2)9(10(12)11(14)15)7-3-5-8(6-4-7)13(16)17/h3-6,9-10H,1-2H3,(H,14,15)/t9-,10+/m1/s1. The number of nitro groups is 1. The highest BCUT2D eigenvalue weighted by molar-refractivity contribution is 5.77. The summed E-state index contributed by atoms with van der Waals surface area (Å²) in [7, 11) is 0. The van der Waals surface area contributed by atoms with Gasteiger partial charge in [-0.15, -0.1) is 0 Å². The number of nitrogens with zero attached hydrogens (tertiary/aromatic N) is 1. The van der Waals surface area contributed by atoms with Gasteiger partial charge in [-0.25, -0.2) is 0 Å². The predicted octanol–water partition coefficient (Wildman–Crippen LogP) is 2.42. The number of benzene rings is 1. The van der Waals surface area contributed by atoms with Gasteiger partial charge in [0, 0.05) is 18.1 Å². The Morgan fingerprint density at radius 1 is 1.35 bits per heavy atom. The summed E-state index contributed by atoms with van der Waals surface area (Å²) in [5.74, 6) is -1.26. The van der Waals surface area contributed by atoms with Crippen LogP contribution in [-0.2, 0) is 4.79 Å². The van der Waals surface area contributed by atoms with Crippen molar-refractivity contribution < 1.29 is 14.8 Å². The normalized spacial score (nSPS) is 25.3. The molecule has 17 heavy (non-hydrogen) atoms. The van der Waals surface area contributed by atoms with Gasteiger partial charge in [-0.05, 0) is 11.0 Å². The number of carbonyl (C=O) groups is 1. The molecule has 2 atom stereocenters. The molecule has 0 amide bonds. The van der Waals surface area contributed by atoms with E-state index in [9.17, 15) is 14.9 Å². The molecule has 1 aliphatic carbocycles. The molecule has 0 aliphatic heterocycles. The van der Waals surface area contributed by atoms with Crippen LogP contribution in [0.25, 0.3) is 0 Å². The van der Waals surface area contributed by atoms with E-state index < -0.39 is 16.8 Å². The molecule has 90 valence electrons. The zero-order valence-corrected chi connectivity index (χ0v) is 9.58. The topological polar surface area (TPSA) is 80.4 Å². The second-order valence-electron chi connectivity index (χ2n) is 4.96. The summed E-state index contributed by atoms with van der Waals surface area (Å²) in [5.41, 5.74) is 0.606. The second-order valence-corrected chi connectivity index (χ2v) is 4.96. The van der Waals surface area contributed by atoms with Gasteiger partial charge in [-0.1, -0.05) is 26.0 Å². The summed E-state index contributed by atoms with van der Waals surface area (Å²) in [4.78, 5) is 21.1. The quantitative estimate of drug-likeness (QED) is 0.644. The molecule has 1 aromatic rings. The zero-order valence-electron chi connectivity index (χ0n) is 9.58. The highest BCUT2D eigenvalue weighted by atomic mass is 16.6. The van der Waals surface area contributed by atoms with E-state index in [1.807, 2.05) is 13.8 Å². The van der Waals surface area contributed by atoms with Gasteiger partial charge < -0.3 is 5.11 Å². The highest BCUT2D eigenvalue weighted by Crippen LogP contribution is 2.64. The van der Waals surface area contributed by atoms with Crippen LogP contribution in [-0.4, -0.2) is 16.0 Å². The Morgan fingerprint density at radius 3 is 2.24 bits per heavy atom. The first-order valence-corrected chi connectivity index (χ1v) is 5.33. The number of carboxylic acid groups (broad SMARTS) is 1. The first-order chi connectivity index (χ1) is 7.85. The van der Waals surface area contributed by atoms with Crippen LogP contribution in [0.1, 0.15) is 25.3 Å². The van der Waals surface area contributed by atoms with Gasteiger partial charge in [0.2, 0.25) is 0 Å². The number of aliphatic carboxylic acids is 1. The molecular formula is C12H13NO4. The van der Waals surface area contributed by atoms with E-state index in [0.29, 0.717) is 0 Å². The van der Waals surface area contributed by atoms with E-state index in [4.69, 9.17) is 5.11 Å². The molecule has 2 rings (SSSR count). The van der Waals surface area contributed by atoms with Crippen LogP contribution in [0.3, 0.4) is 0 Å². The molecule has 1 saturated carbocycles. The van der Waals surface area contributed by atoms with Gasteiger partial charge >= 0.3 is 5.97 Å². The number of carboxylic acids is 1. The summed E-state index contributed by atoms with van der Waals surface area (Å²) in [6.45, 7) is 3.80. The van der Waals surface area contributed by atoms with E-state index in [1.54, 1.807) is 12.1 Å². The fraction of sp³-hybridized carbons (Fsp3) is 0.417. The van der Waals surface area contributed by atoms with Gasteiger partial charge in [0.05, 0.1) is 10.8 Å². The van der Waals surface area contributed by atoms with Gasteiger partial charge in [-0.3, -0.25) is 14.9 Å². The molecule has 0 radical (unpaired) electrons. The van der Waals surface area contributed by atoms with Crippen molar-refractivity contribution in [3.63, 3.8) is 0 Å². The lowest BCUT2D eigenvalue weighted by molar-refractivity contribution is -0.384. The Balaban J connectivity index is 2.26. The van der Waals surface area contributed by atoms with Crippen molar-refractivity contribution in [1.82, 2.24) is 0 Å². The fourth-order valence-corrected chi connectivity index (χ4v) is 2.52. The smallest absolute Gasteiger partial charge is 0.307 e. The maximum Gasteiger partial charge on any atom is 0.307 e. The summed E-state index contributed by atoms with van der Waals surface area (Å²) >= 11 is 0. The Labute approximate surface area is 98.2 Å². The van der Waals surface area contributed by atoms with Crippen LogP contribution in [0, 0.1) is 21.4 Å². The Morgan fingerprint density at radius 2 is 1.88 bits per heavy atom. The van der Waals surface area contributed by atoms with Crippen molar-refractivity contribution in [2.24, 2.45) is 11.3 Å². The van der Waals surface area contributed by atoms with Crippen molar-refractivity contribution in [3.8, 4) is 0 Å². The first kappa shape index (κ1) is 11.6. The Bertz CT molecular complexity index is 478. The molecule has 0 aromatic heterocycles. The van der Waals surface area contributed by atoms with Crippen LogP contribution in [0.4, 0.5) is 5.69 Å². The lowest BCUT2D eigenvalue weighted by Crippen LogP contribution is -2.03. The SMILES string of the molecule is CC1(C)[C@H](C(=O)O)[C@H]1c1ccc([N+](=O)[O-])cc1. The lowest BCUT2D eigenvalue weighted by Gasteiger charge is -2.01. The van der Waals surface area contributed by atoms with E-state index in [-0.39, 0.29) is 17.0 Å². The molecular weight excluding hydrogens is 222 g/mol. The molecule has 0 heterocycles. The van der Waals surface area contributed by atoms with Crippen molar-refractivity contribution in [2.75, 3.05) is 0 Å². The summed E-state index contributed by atoms with van der Waals surface area (Å²) < 4.78 is 0. The summed E-state index contributed by atoms with van der Waals surface area (Å²) in [5, 5.41) is 19.6. The molecule has 5 heteroatoms. The average Bonchev–Trinajstić information content (AvgIpc) is 2.82. The number of non-ortho nitro benzene ring substituents is 1. The number of rotatable bonds is 3. The third-order valence-corrected chi connectivity index (χ3v) is 3.56. The van der Waals surface area contributed by atoms with Gasteiger partial charge in [-0.2, -0.15) is 0 Å². The van der Waals surface area contributed by atoms with Gasteiger partial charge in [0.1, 0.15) is 0 Å². The molecule has 1 aliphatic rings. The molecule has 5 nitrogen and oxygen atoms in total. The average molecular weight is 235 g/mol. The molecule has 0 saturated heterocycles. The second kappa shape index (κ2) is 3.55. The largest absolute Gasteiger partial charge is 0.481 e. The minimum Gasteiger partial charge on any atom is -0.481 e. The number of nitro benzene ring substituents is 1. The molecule has 0 spiro atoms. The highest BCUT2D eigenvalue weighted by Gasteiger charge is 2.62. The number of hydrogen-bond donors (Lipinski definition) is 1. The predicted molar refractivity (Wildman–Crippen MR) is 60.7 cm³/mol. The molecule has 1 fully saturated rings. The summed E-state index contributed by atoms with van der Waals surface area (Å²) in [6, 6.07) is 6.13. The maximum atomic E-state index is 11.0. The van der Waals surface area contributed by atoms with Crippen LogP contribution in [0.15, 0.2) is 24.3 Å². The van der Waals surface area contributed by atoms with Gasteiger partial charge in [0.25, 0.3) is 5.69 Å². The third-order valence-electron chi connectivity index (χ3n) is 3.56. The molecule has 1 N–H and O–H groups in total. The first-order valence-electron chi connectivity index (χ1n) is 5.33. The maximum absolute atomic E-state index is 11.0. The minimum absolute atomic E-state index is 0.0269. The number of hydrogen-bond acceptors (Lipinski definition) is 3. The Kier molecular flexibility index (Phi) is 2.41. The van der Waals surface area contributed by atoms with E-state index in [2.05, 4.69) is 0 Å². The zero-order chi connectivity index (χ0) is 12.8. The molecule has 0 bridgehead atoms. The van der Waals surface area contributed by atoms with Crippen LogP contribution < -0.4 is 0 Å². The monoisotopic (exact) mass is 235 g/mol. The van der Waals surface area contributed by atoms with Crippen molar-refractivity contribution in [3.05, 3.63) is 39.9 Å². The lowest BCUT2D eigenvalue weighted by atomic mass is 10.0. The Hall–Kier alpha value is -1.91. The van der Waals surface area contributed by atoms with Crippen molar-refractivity contribution in [1.29, 1.82) is 0 Å². The fourth-order valence-electron chi connectivity index (χ4n) is 2.52. The van der Waals surface area contributed by atoms with Crippen LogP contribution in [0.5, 0.6) is 0 Å². The van der Waals surface area contributed by atoms with E-state index in [0.717, 1.165) is 5.56 Å². The van der Waals surface area contributed by atoms with Gasteiger partial charge in [0.15, 0.2) is 0 Å². The van der Waals surface area contributed by atoms with Crippen LogP contribution >= 0.6 is 0 Å². The van der Waals surface area contributed by atoms with Crippen molar-refractivity contribution >= 4 is 11.7 Å². The minimum atomic E-state index is -0.807. The molecule has 1 aromatic carbocycles. The summed E-state index contributed by atoms with van der Waals surface area (Å²) in [6.07, 6.45) is 0. The van der Waals surface area contributed by atoms with E-state index in [1.165, 1.54) is 12.1 Å².